The van der Waals surface area contributed by atoms with Gasteiger partial charge in [0.25, 0.3) is 5.91 Å². The highest BCUT2D eigenvalue weighted by Gasteiger charge is 2.37. The van der Waals surface area contributed by atoms with Crippen LogP contribution in [0.1, 0.15) is 23.4 Å². The standard InChI is InChI=1S/C24H23F3N6O3/c1-16-14-31(15-28-16)20-10-8-17(29-22(20)36-2)9-11-21(34)30-33-13-5-12-32(23(33)35)19-7-4-3-6-18(19)24(25,26)27/h3-4,6-11,14-15H,5,12-13H2,1-2H3,(H,30,34)/b11-9+. The fraction of sp³-hybridized carbons (Fsp3) is 0.250. The predicted molar refractivity (Wildman–Crippen MR) is 125 cm³/mol. The van der Waals surface area contributed by atoms with Crippen molar-refractivity contribution in [2.45, 2.75) is 19.5 Å². The fourth-order valence-electron chi connectivity index (χ4n) is 3.77. The van der Waals surface area contributed by atoms with E-state index in [1.54, 1.807) is 23.0 Å². The second-order valence-corrected chi connectivity index (χ2v) is 7.95. The van der Waals surface area contributed by atoms with E-state index in [9.17, 15) is 22.8 Å². The van der Waals surface area contributed by atoms with E-state index in [0.29, 0.717) is 23.7 Å². The lowest BCUT2D eigenvalue weighted by Crippen LogP contribution is -2.56. The topological polar surface area (TPSA) is 92.6 Å². The number of imidazole rings is 1. The van der Waals surface area contributed by atoms with Crippen molar-refractivity contribution in [2.24, 2.45) is 0 Å². The molecule has 2 aromatic heterocycles. The number of pyridine rings is 1. The van der Waals surface area contributed by atoms with Gasteiger partial charge < -0.3 is 9.30 Å². The summed E-state index contributed by atoms with van der Waals surface area (Å²) in [5.41, 5.74) is 3.17. The number of benzene rings is 1. The summed E-state index contributed by atoms with van der Waals surface area (Å²) < 4.78 is 47.4. The van der Waals surface area contributed by atoms with E-state index in [2.05, 4.69) is 15.4 Å². The summed E-state index contributed by atoms with van der Waals surface area (Å²) in [7, 11) is 1.47. The Morgan fingerprint density at radius 1 is 1.14 bits per heavy atom. The first-order valence-electron chi connectivity index (χ1n) is 11.0. The Morgan fingerprint density at radius 3 is 2.61 bits per heavy atom. The number of hydrogen-bond acceptors (Lipinski definition) is 5. The molecule has 0 atom stereocenters. The largest absolute Gasteiger partial charge is 0.479 e. The lowest BCUT2D eigenvalue weighted by molar-refractivity contribution is -0.137. The number of hydrogen-bond donors (Lipinski definition) is 1. The van der Waals surface area contributed by atoms with Crippen LogP contribution in [0.15, 0.2) is 55.0 Å². The zero-order valence-corrected chi connectivity index (χ0v) is 19.5. The van der Waals surface area contributed by atoms with Crippen LogP contribution in [0.3, 0.4) is 0 Å². The number of anilines is 1. The van der Waals surface area contributed by atoms with Crippen LogP contribution in [0.2, 0.25) is 0 Å². The number of ether oxygens (including phenoxy) is 1. The van der Waals surface area contributed by atoms with Gasteiger partial charge in [0, 0.05) is 25.4 Å². The minimum absolute atomic E-state index is 0.0979. The van der Waals surface area contributed by atoms with Gasteiger partial charge in [-0.2, -0.15) is 13.2 Å². The maximum absolute atomic E-state index is 13.4. The monoisotopic (exact) mass is 500 g/mol. The summed E-state index contributed by atoms with van der Waals surface area (Å²) in [4.78, 5) is 34.9. The number of nitrogens with zero attached hydrogens (tertiary/aromatic N) is 5. The third kappa shape index (κ3) is 5.32. The lowest BCUT2D eigenvalue weighted by atomic mass is 10.1. The van der Waals surface area contributed by atoms with Gasteiger partial charge in [-0.3, -0.25) is 15.1 Å². The van der Waals surface area contributed by atoms with Crippen molar-refractivity contribution in [2.75, 3.05) is 25.1 Å². The van der Waals surface area contributed by atoms with Crippen LogP contribution in [-0.2, 0) is 11.0 Å². The maximum atomic E-state index is 13.4. The van der Waals surface area contributed by atoms with Crippen LogP contribution in [0.4, 0.5) is 23.7 Å². The Balaban J connectivity index is 1.46. The van der Waals surface area contributed by atoms with Gasteiger partial charge in [-0.15, -0.1) is 0 Å². The zero-order chi connectivity index (χ0) is 25.9. The molecule has 3 aromatic rings. The zero-order valence-electron chi connectivity index (χ0n) is 19.5. The van der Waals surface area contributed by atoms with Gasteiger partial charge in [-0.1, -0.05) is 12.1 Å². The van der Waals surface area contributed by atoms with Crippen molar-refractivity contribution >= 4 is 23.7 Å². The average molecular weight is 500 g/mol. The number of amides is 3. The van der Waals surface area contributed by atoms with Gasteiger partial charge in [0.1, 0.15) is 5.69 Å². The molecule has 12 heteroatoms. The Labute approximate surface area is 204 Å². The summed E-state index contributed by atoms with van der Waals surface area (Å²) >= 11 is 0. The Bertz CT molecular complexity index is 1300. The van der Waals surface area contributed by atoms with Crippen LogP contribution >= 0.6 is 0 Å². The van der Waals surface area contributed by atoms with Gasteiger partial charge in [0.15, 0.2) is 0 Å². The fourth-order valence-corrected chi connectivity index (χ4v) is 3.77. The van der Waals surface area contributed by atoms with E-state index in [1.807, 2.05) is 13.1 Å². The summed E-state index contributed by atoms with van der Waals surface area (Å²) in [5.74, 6) is -0.315. The molecule has 9 nitrogen and oxygen atoms in total. The van der Waals surface area contributed by atoms with Crippen molar-refractivity contribution in [3.8, 4) is 11.6 Å². The third-order valence-electron chi connectivity index (χ3n) is 5.42. The van der Waals surface area contributed by atoms with E-state index in [0.717, 1.165) is 21.7 Å². The number of alkyl halides is 3. The summed E-state index contributed by atoms with van der Waals surface area (Å²) in [6.07, 6.45) is 1.81. The first kappa shape index (κ1) is 24.8. The average Bonchev–Trinajstić information content (AvgIpc) is 3.29. The molecule has 0 saturated carbocycles. The van der Waals surface area contributed by atoms with E-state index in [4.69, 9.17) is 4.74 Å². The molecule has 3 amide bonds. The molecule has 36 heavy (non-hydrogen) atoms. The highest BCUT2D eigenvalue weighted by Crippen LogP contribution is 2.37. The smallest absolute Gasteiger partial charge is 0.418 e. The van der Waals surface area contributed by atoms with Crippen molar-refractivity contribution < 1.29 is 27.5 Å². The van der Waals surface area contributed by atoms with Crippen LogP contribution in [0, 0.1) is 6.92 Å². The molecule has 188 valence electrons. The maximum Gasteiger partial charge on any atom is 0.418 e. The van der Waals surface area contributed by atoms with E-state index in [1.165, 1.54) is 37.5 Å². The van der Waals surface area contributed by atoms with Gasteiger partial charge >= 0.3 is 12.2 Å². The number of aromatic nitrogens is 3. The molecule has 0 unspecified atom stereocenters. The summed E-state index contributed by atoms with van der Waals surface area (Å²) in [5, 5.41) is 1.00. The SMILES string of the molecule is COc1nc(/C=C/C(=O)NN2CCCN(c3ccccc3C(F)(F)F)C2=O)ccc1-n1cnc(C)c1. The number of nitrogens with one attached hydrogen (secondary N) is 1. The molecule has 0 spiro atoms. The lowest BCUT2D eigenvalue weighted by Gasteiger charge is -2.36. The quantitative estimate of drug-likeness (QED) is 0.517. The van der Waals surface area contributed by atoms with E-state index >= 15 is 0 Å². The Morgan fingerprint density at radius 2 is 1.92 bits per heavy atom. The molecule has 1 N–H and O–H groups in total. The Hall–Kier alpha value is -4.35. The second kappa shape index (κ2) is 10.1. The van der Waals surface area contributed by atoms with Gasteiger partial charge in [-0.25, -0.2) is 19.8 Å². The number of para-hydroxylation sites is 1. The molecule has 1 fully saturated rings. The molecule has 1 saturated heterocycles. The van der Waals surface area contributed by atoms with Crippen molar-refractivity contribution in [3.63, 3.8) is 0 Å². The molecule has 3 heterocycles. The molecular weight excluding hydrogens is 477 g/mol. The first-order valence-corrected chi connectivity index (χ1v) is 11.0. The highest BCUT2D eigenvalue weighted by atomic mass is 19.4. The molecule has 0 radical (unpaired) electrons. The Kier molecular flexibility index (Phi) is 6.95. The van der Waals surface area contributed by atoms with Crippen LogP contribution in [0.5, 0.6) is 5.88 Å². The molecule has 1 aliphatic rings. The summed E-state index contributed by atoms with van der Waals surface area (Å²) in [6.45, 7) is 2.11. The van der Waals surface area contributed by atoms with Gasteiger partial charge in [-0.05, 0) is 43.7 Å². The second-order valence-electron chi connectivity index (χ2n) is 7.95. The number of urea groups is 1. The molecule has 1 aliphatic heterocycles. The number of carbonyl (C=O) groups is 2. The normalized spacial score (nSPS) is 14.4. The van der Waals surface area contributed by atoms with Crippen LogP contribution in [-0.4, -0.2) is 51.7 Å². The molecule has 1 aromatic carbocycles. The number of hydrazine groups is 1. The number of carbonyl (C=O) groups excluding carboxylic acids is 2. The minimum Gasteiger partial charge on any atom is -0.479 e. The number of methoxy groups -OCH3 is 1. The first-order chi connectivity index (χ1) is 17.2. The number of halogens is 3. The molecular formula is C24H23F3N6O3. The number of rotatable bonds is 6. The van der Waals surface area contributed by atoms with Crippen LogP contribution in [0.25, 0.3) is 11.8 Å². The highest BCUT2D eigenvalue weighted by molar-refractivity contribution is 5.97. The van der Waals surface area contributed by atoms with Crippen LogP contribution < -0.4 is 15.1 Å². The predicted octanol–water partition coefficient (Wildman–Crippen LogP) is 3.98. The third-order valence-corrected chi connectivity index (χ3v) is 5.42. The molecule has 0 aliphatic carbocycles. The number of aryl methyl sites for hydroxylation is 1. The molecule has 0 bridgehead atoms. The minimum atomic E-state index is -4.62. The van der Waals surface area contributed by atoms with Crippen molar-refractivity contribution in [3.05, 3.63) is 71.9 Å². The molecule has 4 rings (SSSR count). The van der Waals surface area contributed by atoms with Crippen molar-refractivity contribution in [1.29, 1.82) is 0 Å². The van der Waals surface area contributed by atoms with E-state index in [-0.39, 0.29) is 18.8 Å². The summed E-state index contributed by atoms with van der Waals surface area (Å²) in [6, 6.07) is 7.53. The van der Waals surface area contributed by atoms with Crippen molar-refractivity contribution in [1.82, 2.24) is 25.0 Å². The van der Waals surface area contributed by atoms with Gasteiger partial charge in [0.2, 0.25) is 5.88 Å². The van der Waals surface area contributed by atoms with Gasteiger partial charge in [0.05, 0.1) is 36.1 Å². The van der Waals surface area contributed by atoms with E-state index < -0.39 is 23.7 Å².